The van der Waals surface area contributed by atoms with E-state index in [1.165, 1.54) is 0 Å². The molecule has 0 spiro atoms. The number of likely N-dealkylation sites (N-methyl/N-ethyl adjacent to an activating group) is 1. The molecule has 1 unspecified atom stereocenters. The molecule has 2 aliphatic heterocycles. The lowest BCUT2D eigenvalue weighted by molar-refractivity contribution is 0.122. The first-order valence-corrected chi connectivity index (χ1v) is 9.89. The first-order chi connectivity index (χ1) is 13.8. The molecule has 1 aromatic carbocycles. The number of rotatable bonds is 4. The number of aromatic nitrogens is 2. The lowest BCUT2D eigenvalue weighted by atomic mass is 10.0. The number of nitriles is 1. The van der Waals surface area contributed by atoms with E-state index in [-0.39, 0.29) is 0 Å². The van der Waals surface area contributed by atoms with Crippen molar-refractivity contribution in [1.29, 1.82) is 5.26 Å². The number of nitrogens with zero attached hydrogens (tertiary/aromatic N) is 6. The molecule has 1 aromatic heterocycles. The Balaban J connectivity index is 1.50. The van der Waals surface area contributed by atoms with Crippen molar-refractivity contribution < 1.29 is 4.74 Å². The Labute approximate surface area is 166 Å². The maximum absolute atomic E-state index is 9.44. The highest BCUT2D eigenvalue weighted by atomic mass is 16.5. The van der Waals surface area contributed by atoms with Crippen molar-refractivity contribution in [2.24, 2.45) is 0 Å². The molecule has 0 amide bonds. The molecule has 0 aliphatic carbocycles. The number of hydrogen-bond donors (Lipinski definition) is 0. The van der Waals surface area contributed by atoms with Gasteiger partial charge in [0.05, 0.1) is 24.5 Å². The minimum absolute atomic E-state index is 0.306. The molecular formula is C21H26N6O. The largest absolute Gasteiger partial charge is 0.378 e. The Bertz CT molecular complexity index is 845. The zero-order valence-electron chi connectivity index (χ0n) is 16.3. The van der Waals surface area contributed by atoms with Crippen LogP contribution in [0.1, 0.15) is 18.4 Å². The molecular weight excluding hydrogens is 352 g/mol. The van der Waals surface area contributed by atoms with E-state index in [4.69, 9.17) is 9.72 Å². The van der Waals surface area contributed by atoms with Crippen molar-refractivity contribution in [2.75, 3.05) is 61.1 Å². The van der Waals surface area contributed by atoms with E-state index < -0.39 is 0 Å². The van der Waals surface area contributed by atoms with Gasteiger partial charge in [-0.2, -0.15) is 10.2 Å². The summed E-state index contributed by atoms with van der Waals surface area (Å²) < 4.78 is 5.44. The fourth-order valence-corrected chi connectivity index (χ4v) is 3.97. The normalized spacial score (nSPS) is 19.9. The van der Waals surface area contributed by atoms with E-state index in [1.807, 2.05) is 36.5 Å². The standard InChI is InChI=1S/C21H26N6O/c1-25(21-23-9-8-20(24-21)26-11-13-28-14-12-26)18-6-4-10-27(16-18)19-7-3-2-5-17(19)15-22/h2-3,5,7-9,18H,4,6,10-14,16H2,1H3. The van der Waals surface area contributed by atoms with Crippen LogP contribution in [0.5, 0.6) is 0 Å². The number of hydrogen-bond acceptors (Lipinski definition) is 7. The van der Waals surface area contributed by atoms with Crippen LogP contribution >= 0.6 is 0 Å². The van der Waals surface area contributed by atoms with Crippen LogP contribution in [0, 0.1) is 11.3 Å². The van der Waals surface area contributed by atoms with E-state index in [0.717, 1.165) is 75.3 Å². The smallest absolute Gasteiger partial charge is 0.227 e. The van der Waals surface area contributed by atoms with Gasteiger partial charge in [-0.05, 0) is 31.0 Å². The Morgan fingerprint density at radius 3 is 2.79 bits per heavy atom. The van der Waals surface area contributed by atoms with Crippen LogP contribution in [0.4, 0.5) is 17.5 Å². The molecule has 2 aliphatic rings. The number of benzene rings is 1. The molecule has 0 N–H and O–H groups in total. The molecule has 0 radical (unpaired) electrons. The molecule has 28 heavy (non-hydrogen) atoms. The second kappa shape index (κ2) is 8.44. The zero-order valence-corrected chi connectivity index (χ0v) is 16.3. The molecule has 2 saturated heterocycles. The average molecular weight is 378 g/mol. The van der Waals surface area contributed by atoms with E-state index in [0.29, 0.717) is 6.04 Å². The number of anilines is 3. The molecule has 146 valence electrons. The van der Waals surface area contributed by atoms with Crippen LogP contribution in [0.15, 0.2) is 36.5 Å². The van der Waals surface area contributed by atoms with Crippen molar-refractivity contribution in [3.63, 3.8) is 0 Å². The molecule has 0 bridgehead atoms. The third-order valence-electron chi connectivity index (χ3n) is 5.59. The first kappa shape index (κ1) is 18.5. The lowest BCUT2D eigenvalue weighted by Crippen LogP contribution is -2.47. The van der Waals surface area contributed by atoms with E-state index in [1.54, 1.807) is 0 Å². The maximum Gasteiger partial charge on any atom is 0.227 e. The quantitative estimate of drug-likeness (QED) is 0.808. The van der Waals surface area contributed by atoms with Crippen LogP contribution in [0.2, 0.25) is 0 Å². The van der Waals surface area contributed by atoms with Gasteiger partial charge in [0, 0.05) is 45.5 Å². The van der Waals surface area contributed by atoms with Crippen molar-refractivity contribution in [3.05, 3.63) is 42.1 Å². The highest BCUT2D eigenvalue weighted by molar-refractivity contribution is 5.59. The Morgan fingerprint density at radius 1 is 1.14 bits per heavy atom. The van der Waals surface area contributed by atoms with Gasteiger partial charge in [-0.25, -0.2) is 4.98 Å². The summed E-state index contributed by atoms with van der Waals surface area (Å²) in [6, 6.07) is 12.4. The Hall–Kier alpha value is -2.85. The minimum atomic E-state index is 0.306. The summed E-state index contributed by atoms with van der Waals surface area (Å²) in [6.45, 7) is 5.04. The predicted octanol–water partition coefficient (Wildman–Crippen LogP) is 2.29. The van der Waals surface area contributed by atoms with Crippen LogP contribution < -0.4 is 14.7 Å². The predicted molar refractivity (Wildman–Crippen MR) is 110 cm³/mol. The van der Waals surface area contributed by atoms with Gasteiger partial charge in [-0.1, -0.05) is 12.1 Å². The number of ether oxygens (including phenoxy) is 1. The molecule has 1 atom stereocenters. The highest BCUT2D eigenvalue weighted by Gasteiger charge is 2.26. The molecule has 7 nitrogen and oxygen atoms in total. The molecule has 4 rings (SSSR count). The van der Waals surface area contributed by atoms with Gasteiger partial charge in [-0.3, -0.25) is 0 Å². The zero-order chi connectivity index (χ0) is 19.3. The molecule has 3 heterocycles. The fourth-order valence-electron chi connectivity index (χ4n) is 3.97. The average Bonchev–Trinajstić information content (AvgIpc) is 2.79. The number of morpholine rings is 1. The van der Waals surface area contributed by atoms with E-state index >= 15 is 0 Å². The van der Waals surface area contributed by atoms with Crippen LogP contribution in [-0.4, -0.2) is 62.5 Å². The first-order valence-electron chi connectivity index (χ1n) is 9.89. The molecule has 2 fully saturated rings. The molecule has 0 saturated carbocycles. The maximum atomic E-state index is 9.44. The monoisotopic (exact) mass is 378 g/mol. The van der Waals surface area contributed by atoms with Crippen molar-refractivity contribution in [2.45, 2.75) is 18.9 Å². The van der Waals surface area contributed by atoms with Crippen molar-refractivity contribution in [1.82, 2.24) is 9.97 Å². The van der Waals surface area contributed by atoms with Gasteiger partial charge in [0.1, 0.15) is 11.9 Å². The second-order valence-electron chi connectivity index (χ2n) is 7.30. The van der Waals surface area contributed by atoms with E-state index in [2.05, 4.69) is 32.8 Å². The summed E-state index contributed by atoms with van der Waals surface area (Å²) >= 11 is 0. The summed E-state index contributed by atoms with van der Waals surface area (Å²) in [7, 11) is 2.07. The summed E-state index contributed by atoms with van der Waals surface area (Å²) in [5, 5.41) is 9.44. The second-order valence-corrected chi connectivity index (χ2v) is 7.30. The number of piperidine rings is 1. The van der Waals surface area contributed by atoms with Gasteiger partial charge in [0.15, 0.2) is 0 Å². The topological polar surface area (TPSA) is 68.5 Å². The Kier molecular flexibility index (Phi) is 5.58. The molecule has 2 aromatic rings. The minimum Gasteiger partial charge on any atom is -0.378 e. The number of para-hydroxylation sites is 1. The summed E-state index contributed by atoms with van der Waals surface area (Å²) in [5.74, 6) is 1.71. The van der Waals surface area contributed by atoms with Gasteiger partial charge < -0.3 is 19.4 Å². The van der Waals surface area contributed by atoms with Gasteiger partial charge in [0.25, 0.3) is 0 Å². The Morgan fingerprint density at radius 2 is 1.96 bits per heavy atom. The van der Waals surface area contributed by atoms with Crippen molar-refractivity contribution in [3.8, 4) is 6.07 Å². The summed E-state index contributed by atoms with van der Waals surface area (Å²) in [5.41, 5.74) is 1.75. The van der Waals surface area contributed by atoms with Gasteiger partial charge in [-0.15, -0.1) is 0 Å². The van der Waals surface area contributed by atoms with Crippen LogP contribution in [0.3, 0.4) is 0 Å². The third kappa shape index (κ3) is 3.87. The van der Waals surface area contributed by atoms with E-state index in [9.17, 15) is 5.26 Å². The lowest BCUT2D eigenvalue weighted by Gasteiger charge is -2.39. The fraction of sp³-hybridized carbons (Fsp3) is 0.476. The molecule has 7 heteroatoms. The van der Waals surface area contributed by atoms with Crippen molar-refractivity contribution >= 4 is 17.5 Å². The van der Waals surface area contributed by atoms with Gasteiger partial charge >= 0.3 is 0 Å². The van der Waals surface area contributed by atoms with Gasteiger partial charge in [0.2, 0.25) is 5.95 Å². The summed E-state index contributed by atoms with van der Waals surface area (Å²) in [4.78, 5) is 16.1. The van der Waals surface area contributed by atoms with Crippen LogP contribution in [-0.2, 0) is 4.74 Å². The SMILES string of the molecule is CN(c1nccc(N2CCOCC2)n1)C1CCCN(c2ccccc2C#N)C1. The third-order valence-corrected chi connectivity index (χ3v) is 5.59. The summed E-state index contributed by atoms with van der Waals surface area (Å²) in [6.07, 6.45) is 4.01. The highest BCUT2D eigenvalue weighted by Crippen LogP contribution is 2.26. The van der Waals surface area contributed by atoms with Crippen LogP contribution in [0.25, 0.3) is 0 Å².